The van der Waals surface area contributed by atoms with E-state index in [9.17, 15) is 9.18 Å². The summed E-state index contributed by atoms with van der Waals surface area (Å²) in [5, 5.41) is 11.4. The number of amides is 1. The number of H-pyrrole nitrogens is 2. The quantitative estimate of drug-likeness (QED) is 0.259. The topological polar surface area (TPSA) is 121 Å². The molecule has 9 nitrogen and oxygen atoms in total. The lowest BCUT2D eigenvalue weighted by Crippen LogP contribution is -2.13. The van der Waals surface area contributed by atoms with Crippen LogP contribution < -0.4 is 10.1 Å². The summed E-state index contributed by atoms with van der Waals surface area (Å²) in [6, 6.07) is 12.2. The zero-order valence-corrected chi connectivity index (χ0v) is 20.8. The lowest BCUT2D eigenvalue weighted by Gasteiger charge is -2.06. The maximum Gasteiger partial charge on any atom is 0.227 e. The second-order valence-electron chi connectivity index (χ2n) is 9.60. The van der Waals surface area contributed by atoms with Crippen LogP contribution in [0.2, 0.25) is 0 Å². The van der Waals surface area contributed by atoms with E-state index in [0.29, 0.717) is 33.9 Å². The Labute approximate surface area is 221 Å². The Bertz CT molecular complexity index is 1890. The van der Waals surface area contributed by atoms with Crippen molar-refractivity contribution < 1.29 is 13.9 Å². The van der Waals surface area contributed by atoms with Crippen molar-refractivity contribution in [2.45, 2.75) is 12.8 Å². The fourth-order valence-electron chi connectivity index (χ4n) is 4.73. The predicted molar refractivity (Wildman–Crippen MR) is 146 cm³/mol. The van der Waals surface area contributed by atoms with Gasteiger partial charge in [-0.1, -0.05) is 0 Å². The molecular weight excluding hydrogens is 497 g/mol. The SMILES string of the molecule is COc1cc(F)cc(-c2cncc3[nH]c(-c4n[nH]c5ccc(-c6cncc(NC(=O)C7CC7)c6)nc45)cc23)c1. The van der Waals surface area contributed by atoms with Crippen LogP contribution in [0.3, 0.4) is 0 Å². The van der Waals surface area contributed by atoms with Crippen molar-refractivity contribution in [1.29, 1.82) is 0 Å². The van der Waals surface area contributed by atoms with Crippen LogP contribution >= 0.6 is 0 Å². The average molecular weight is 520 g/mol. The number of methoxy groups -OCH3 is 1. The van der Waals surface area contributed by atoms with Gasteiger partial charge < -0.3 is 15.0 Å². The minimum Gasteiger partial charge on any atom is -0.497 e. The van der Waals surface area contributed by atoms with Crippen LogP contribution in [0.15, 0.2) is 67.3 Å². The zero-order valence-electron chi connectivity index (χ0n) is 20.8. The second-order valence-corrected chi connectivity index (χ2v) is 9.60. The largest absolute Gasteiger partial charge is 0.497 e. The highest BCUT2D eigenvalue weighted by Crippen LogP contribution is 2.35. The van der Waals surface area contributed by atoms with Crippen LogP contribution in [0.25, 0.3) is 55.7 Å². The third-order valence-electron chi connectivity index (χ3n) is 6.88. The molecule has 1 aliphatic rings. The molecule has 0 radical (unpaired) electrons. The minimum absolute atomic E-state index is 0.0267. The molecule has 39 heavy (non-hydrogen) atoms. The zero-order chi connectivity index (χ0) is 26.5. The molecule has 1 aliphatic carbocycles. The number of halogens is 1. The van der Waals surface area contributed by atoms with E-state index in [1.165, 1.54) is 19.2 Å². The highest BCUT2D eigenvalue weighted by Gasteiger charge is 2.29. The standard InChI is InChI=1S/C29H22FN7O2/c1-39-20-8-16(6-18(30)9-20)22-13-32-14-26-21(22)10-25(34-26)28-27-24(36-37-28)5-4-23(35-27)17-7-19(12-31-11-17)33-29(38)15-2-3-15/h4-15,34H,2-3H2,1H3,(H,33,38)(H,36,37). The van der Waals surface area contributed by atoms with Crippen molar-refractivity contribution in [2.75, 3.05) is 12.4 Å². The molecule has 0 atom stereocenters. The molecule has 1 aromatic carbocycles. The third kappa shape index (κ3) is 4.25. The number of nitrogens with zero attached hydrogens (tertiary/aromatic N) is 4. The molecule has 3 N–H and O–H groups in total. The molecule has 192 valence electrons. The predicted octanol–water partition coefficient (Wildman–Crippen LogP) is 5.73. The van der Waals surface area contributed by atoms with E-state index >= 15 is 0 Å². The highest BCUT2D eigenvalue weighted by atomic mass is 19.1. The van der Waals surface area contributed by atoms with Gasteiger partial charge in [0.25, 0.3) is 0 Å². The molecule has 0 saturated heterocycles. The molecule has 0 unspecified atom stereocenters. The Morgan fingerprint density at radius 2 is 1.87 bits per heavy atom. The Kier molecular flexibility index (Phi) is 5.32. The van der Waals surface area contributed by atoms with Crippen LogP contribution in [-0.2, 0) is 4.79 Å². The molecule has 10 heteroatoms. The van der Waals surface area contributed by atoms with Gasteiger partial charge >= 0.3 is 0 Å². The Balaban J connectivity index is 1.28. The van der Waals surface area contributed by atoms with E-state index in [-0.39, 0.29) is 11.8 Å². The summed E-state index contributed by atoms with van der Waals surface area (Å²) >= 11 is 0. The number of benzene rings is 1. The first kappa shape index (κ1) is 23.0. The smallest absolute Gasteiger partial charge is 0.227 e. The van der Waals surface area contributed by atoms with E-state index in [1.54, 1.807) is 30.9 Å². The van der Waals surface area contributed by atoms with Crippen LogP contribution in [0, 0.1) is 11.7 Å². The van der Waals surface area contributed by atoms with E-state index in [1.807, 2.05) is 24.3 Å². The maximum atomic E-state index is 14.3. The monoisotopic (exact) mass is 519 g/mol. The number of carbonyl (C=O) groups is 1. The molecule has 0 bridgehead atoms. The summed E-state index contributed by atoms with van der Waals surface area (Å²) in [5.74, 6) is 0.168. The number of anilines is 1. The number of aromatic amines is 2. The van der Waals surface area contributed by atoms with Gasteiger partial charge in [0.1, 0.15) is 22.8 Å². The average Bonchev–Trinajstić information content (AvgIpc) is 3.58. The van der Waals surface area contributed by atoms with E-state index in [4.69, 9.17) is 9.72 Å². The first-order valence-corrected chi connectivity index (χ1v) is 12.5. The number of aromatic nitrogens is 6. The van der Waals surface area contributed by atoms with Gasteiger partial charge in [0.05, 0.1) is 47.6 Å². The molecule has 0 aliphatic heterocycles. The van der Waals surface area contributed by atoms with Crippen molar-refractivity contribution in [3.63, 3.8) is 0 Å². The van der Waals surface area contributed by atoms with Crippen molar-refractivity contribution in [3.8, 4) is 39.5 Å². The molecule has 7 rings (SSSR count). The first-order chi connectivity index (χ1) is 19.1. The number of pyridine rings is 3. The van der Waals surface area contributed by atoms with E-state index in [2.05, 4.69) is 30.5 Å². The van der Waals surface area contributed by atoms with Gasteiger partial charge in [0.15, 0.2) is 0 Å². The highest BCUT2D eigenvalue weighted by molar-refractivity contribution is 6.00. The maximum absolute atomic E-state index is 14.3. The summed E-state index contributed by atoms with van der Waals surface area (Å²) < 4.78 is 19.5. The van der Waals surface area contributed by atoms with Crippen LogP contribution in [0.1, 0.15) is 12.8 Å². The minimum atomic E-state index is -0.391. The number of hydrogen-bond donors (Lipinski definition) is 3. The Morgan fingerprint density at radius 3 is 2.72 bits per heavy atom. The molecule has 5 heterocycles. The van der Waals surface area contributed by atoms with Crippen molar-refractivity contribution in [1.82, 2.24) is 30.1 Å². The molecule has 1 fully saturated rings. The van der Waals surface area contributed by atoms with Gasteiger partial charge in [-0.15, -0.1) is 0 Å². The van der Waals surface area contributed by atoms with Gasteiger partial charge in [-0.2, -0.15) is 5.10 Å². The normalized spacial score (nSPS) is 13.2. The van der Waals surface area contributed by atoms with Gasteiger partial charge in [-0.05, 0) is 54.8 Å². The molecule has 1 saturated carbocycles. The number of ether oxygens (including phenoxy) is 1. The second kappa shape index (κ2) is 9.02. The molecular formula is C29H22FN7O2. The summed E-state index contributed by atoms with van der Waals surface area (Å²) in [6.45, 7) is 0. The third-order valence-corrected chi connectivity index (χ3v) is 6.88. The Hall–Kier alpha value is -5.12. The number of nitrogens with one attached hydrogen (secondary N) is 3. The van der Waals surface area contributed by atoms with Crippen LogP contribution in [0.5, 0.6) is 5.75 Å². The Morgan fingerprint density at radius 1 is 1.00 bits per heavy atom. The summed E-state index contributed by atoms with van der Waals surface area (Å²) in [5.41, 5.74) is 7.14. The molecule has 1 amide bonds. The van der Waals surface area contributed by atoms with Gasteiger partial charge in [0.2, 0.25) is 5.91 Å². The fourth-order valence-corrected chi connectivity index (χ4v) is 4.73. The van der Waals surface area contributed by atoms with Crippen molar-refractivity contribution in [2.24, 2.45) is 5.92 Å². The number of rotatable bonds is 6. The molecule has 6 aromatic rings. The van der Waals surface area contributed by atoms with Crippen LogP contribution in [0.4, 0.5) is 10.1 Å². The summed E-state index contributed by atoms with van der Waals surface area (Å²) in [7, 11) is 1.51. The number of hydrogen-bond acceptors (Lipinski definition) is 6. The van der Waals surface area contributed by atoms with Gasteiger partial charge in [-0.3, -0.25) is 19.9 Å². The molecule has 0 spiro atoms. The lowest BCUT2D eigenvalue weighted by atomic mass is 10.0. The first-order valence-electron chi connectivity index (χ1n) is 12.5. The summed E-state index contributed by atoms with van der Waals surface area (Å²) in [6.07, 6.45) is 8.64. The number of carbonyl (C=O) groups excluding carboxylic acids is 1. The van der Waals surface area contributed by atoms with Crippen molar-refractivity contribution >= 4 is 33.5 Å². The van der Waals surface area contributed by atoms with Gasteiger partial charge in [0, 0.05) is 40.9 Å². The van der Waals surface area contributed by atoms with E-state index in [0.717, 1.165) is 46.1 Å². The number of fused-ring (bicyclic) bond motifs is 2. The van der Waals surface area contributed by atoms with E-state index < -0.39 is 5.82 Å². The lowest BCUT2D eigenvalue weighted by molar-refractivity contribution is -0.117. The molecule has 5 aromatic heterocycles. The van der Waals surface area contributed by atoms with Crippen molar-refractivity contribution in [3.05, 3.63) is 73.1 Å². The van der Waals surface area contributed by atoms with Gasteiger partial charge in [-0.25, -0.2) is 9.37 Å². The summed E-state index contributed by atoms with van der Waals surface area (Å²) in [4.78, 5) is 29.1. The fraction of sp³-hybridized carbons (Fsp3) is 0.138. The van der Waals surface area contributed by atoms with Crippen LogP contribution in [-0.4, -0.2) is 43.2 Å².